The van der Waals surface area contributed by atoms with Gasteiger partial charge in [-0.2, -0.15) is 0 Å². The number of rotatable bonds is 40. The normalized spacial score (nSPS) is 11.6. The fourth-order valence-electron chi connectivity index (χ4n) is 4.48. The minimum absolute atomic E-state index is 0.535. The predicted molar refractivity (Wildman–Crippen MR) is 175 cm³/mol. The zero-order valence-corrected chi connectivity index (χ0v) is 28.2. The molecule has 9 nitrogen and oxygen atoms in total. The van der Waals surface area contributed by atoms with Gasteiger partial charge < -0.3 is 43.6 Å². The van der Waals surface area contributed by atoms with Gasteiger partial charge in [-0.25, -0.2) is 0 Å². The molecule has 0 spiro atoms. The van der Waals surface area contributed by atoms with Gasteiger partial charge in [0.05, 0.1) is 99.1 Å². The van der Waals surface area contributed by atoms with Crippen molar-refractivity contribution in [1.82, 2.24) is 0 Å². The Bertz CT molecular complexity index is 436. The van der Waals surface area contributed by atoms with Crippen molar-refractivity contribution >= 4 is 0 Å². The minimum Gasteiger partial charge on any atom is -0.379 e. The monoisotopic (exact) mass is 622 g/mol. The zero-order chi connectivity index (χ0) is 31.0. The van der Waals surface area contributed by atoms with Crippen molar-refractivity contribution in [3.05, 3.63) is 0 Å². The molecule has 0 amide bonds. The molecular weight excluding hydrogens is 550 g/mol. The maximum atomic E-state index is 5.68. The Kier molecular flexibility index (Phi) is 41.3. The largest absolute Gasteiger partial charge is 0.379 e. The van der Waals surface area contributed by atoms with Crippen LogP contribution in [0.5, 0.6) is 0 Å². The van der Waals surface area contributed by atoms with Gasteiger partial charge in [-0.15, -0.1) is 0 Å². The summed E-state index contributed by atoms with van der Waals surface area (Å²) in [5.41, 5.74) is 5.34. The lowest BCUT2D eigenvalue weighted by molar-refractivity contribution is -0.0230. The van der Waals surface area contributed by atoms with Gasteiger partial charge in [-0.05, 0) is 6.42 Å². The average molecular weight is 622 g/mol. The van der Waals surface area contributed by atoms with Crippen molar-refractivity contribution in [2.75, 3.05) is 112 Å². The van der Waals surface area contributed by atoms with E-state index in [1.54, 1.807) is 0 Å². The molecule has 0 unspecified atom stereocenters. The summed E-state index contributed by atoms with van der Waals surface area (Å²) in [5, 5.41) is 0. The molecule has 260 valence electrons. The Balaban J connectivity index is 3.02. The van der Waals surface area contributed by atoms with E-state index in [-0.39, 0.29) is 0 Å². The van der Waals surface area contributed by atoms with Crippen LogP contribution in [-0.4, -0.2) is 112 Å². The maximum Gasteiger partial charge on any atom is 0.0701 e. The highest BCUT2D eigenvalue weighted by Crippen LogP contribution is 2.13. The highest BCUT2D eigenvalue weighted by Gasteiger charge is 1.97. The van der Waals surface area contributed by atoms with E-state index in [9.17, 15) is 0 Å². The third-order valence-corrected chi connectivity index (χ3v) is 7.01. The van der Waals surface area contributed by atoms with E-state index in [2.05, 4.69) is 6.92 Å². The van der Waals surface area contributed by atoms with Crippen molar-refractivity contribution in [3.8, 4) is 0 Å². The summed E-state index contributed by atoms with van der Waals surface area (Å²) >= 11 is 0. The quantitative estimate of drug-likeness (QED) is 0.0786. The first-order valence-corrected chi connectivity index (χ1v) is 17.7. The number of unbranched alkanes of at least 4 members (excludes halogenated alkanes) is 15. The zero-order valence-electron chi connectivity index (χ0n) is 28.2. The fourth-order valence-corrected chi connectivity index (χ4v) is 4.48. The number of nitrogens with two attached hydrogens (primary N) is 1. The van der Waals surface area contributed by atoms with Crippen LogP contribution in [0.1, 0.15) is 110 Å². The molecule has 43 heavy (non-hydrogen) atoms. The molecule has 0 bridgehead atoms. The van der Waals surface area contributed by atoms with Gasteiger partial charge in [0.15, 0.2) is 0 Å². The van der Waals surface area contributed by atoms with Gasteiger partial charge in [0, 0.05) is 13.2 Å². The van der Waals surface area contributed by atoms with Crippen molar-refractivity contribution < 1.29 is 37.9 Å². The van der Waals surface area contributed by atoms with Gasteiger partial charge in [0.1, 0.15) is 0 Å². The number of hydrogen-bond donors (Lipinski definition) is 1. The third kappa shape index (κ3) is 41.6. The van der Waals surface area contributed by atoms with E-state index in [1.165, 1.54) is 96.3 Å². The van der Waals surface area contributed by atoms with E-state index in [1.807, 2.05) is 0 Å². The molecule has 0 aliphatic carbocycles. The van der Waals surface area contributed by atoms with Gasteiger partial charge in [0.25, 0.3) is 0 Å². The lowest BCUT2D eigenvalue weighted by atomic mass is 10.0. The molecule has 0 atom stereocenters. The van der Waals surface area contributed by atoms with Crippen molar-refractivity contribution in [1.29, 1.82) is 0 Å². The summed E-state index contributed by atoms with van der Waals surface area (Å²) in [6.07, 6.45) is 22.3. The molecule has 0 radical (unpaired) electrons. The molecule has 0 fully saturated rings. The van der Waals surface area contributed by atoms with E-state index in [4.69, 9.17) is 43.6 Å². The molecule has 0 aromatic carbocycles. The molecule has 0 saturated carbocycles. The van der Waals surface area contributed by atoms with Crippen LogP contribution in [0.2, 0.25) is 0 Å². The summed E-state index contributed by atoms with van der Waals surface area (Å²) in [5.74, 6) is 0. The highest BCUT2D eigenvalue weighted by atomic mass is 16.6. The van der Waals surface area contributed by atoms with Crippen LogP contribution in [0, 0.1) is 0 Å². The summed E-state index contributed by atoms with van der Waals surface area (Å²) in [7, 11) is 0. The van der Waals surface area contributed by atoms with Crippen LogP contribution >= 0.6 is 0 Å². The van der Waals surface area contributed by atoms with Crippen LogP contribution in [0.15, 0.2) is 0 Å². The fraction of sp³-hybridized carbons (Fsp3) is 1.00. The molecule has 2 N–H and O–H groups in total. The van der Waals surface area contributed by atoms with Gasteiger partial charge in [-0.3, -0.25) is 0 Å². The van der Waals surface area contributed by atoms with Crippen LogP contribution < -0.4 is 5.73 Å². The summed E-state index contributed by atoms with van der Waals surface area (Å²) in [4.78, 5) is 0. The molecule has 9 heteroatoms. The second kappa shape index (κ2) is 41.6. The maximum absolute atomic E-state index is 5.68. The Labute approximate surface area is 265 Å². The van der Waals surface area contributed by atoms with E-state index in [0.717, 1.165) is 13.0 Å². The Morgan fingerprint density at radius 3 is 0.721 bits per heavy atom. The first kappa shape index (κ1) is 42.6. The lowest BCUT2D eigenvalue weighted by Crippen LogP contribution is -2.15. The second-order valence-corrected chi connectivity index (χ2v) is 11.0. The molecule has 0 aromatic rings. The van der Waals surface area contributed by atoms with Crippen molar-refractivity contribution in [2.45, 2.75) is 110 Å². The molecular formula is C34H71NO8. The molecule has 0 heterocycles. The summed E-state index contributed by atoms with van der Waals surface area (Å²) < 4.78 is 43.7. The van der Waals surface area contributed by atoms with Gasteiger partial charge >= 0.3 is 0 Å². The van der Waals surface area contributed by atoms with E-state index in [0.29, 0.717) is 106 Å². The molecule has 0 rings (SSSR count). The predicted octanol–water partition coefficient (Wildman–Crippen LogP) is 6.34. The van der Waals surface area contributed by atoms with Gasteiger partial charge in [-0.1, -0.05) is 103 Å². The highest BCUT2D eigenvalue weighted by molar-refractivity contribution is 4.50. The summed E-state index contributed by atoms with van der Waals surface area (Å²) in [6, 6.07) is 0. The molecule has 0 aliphatic heterocycles. The minimum atomic E-state index is 0.535. The van der Waals surface area contributed by atoms with Crippen LogP contribution in [0.4, 0.5) is 0 Å². The molecule has 0 aliphatic rings. The standard InChI is InChI=1S/C34H71NO8/c1-2-3-4-5-6-7-8-9-10-11-12-13-14-15-16-17-19-36-21-23-38-25-27-40-29-31-42-33-34-43-32-30-41-28-26-39-24-22-37-20-18-35/h2-35H2,1H3. The van der Waals surface area contributed by atoms with E-state index < -0.39 is 0 Å². The first-order valence-electron chi connectivity index (χ1n) is 17.7. The van der Waals surface area contributed by atoms with Crippen molar-refractivity contribution in [2.24, 2.45) is 5.73 Å². The smallest absolute Gasteiger partial charge is 0.0701 e. The first-order chi connectivity index (χ1) is 21.4. The average Bonchev–Trinajstić information content (AvgIpc) is 3.02. The van der Waals surface area contributed by atoms with Crippen LogP contribution in [-0.2, 0) is 37.9 Å². The van der Waals surface area contributed by atoms with Crippen LogP contribution in [0.3, 0.4) is 0 Å². The van der Waals surface area contributed by atoms with Gasteiger partial charge in [0.2, 0.25) is 0 Å². The summed E-state index contributed by atoms with van der Waals surface area (Å²) in [6.45, 7) is 12.2. The lowest BCUT2D eigenvalue weighted by Gasteiger charge is -2.08. The topological polar surface area (TPSA) is 99.9 Å². The van der Waals surface area contributed by atoms with E-state index >= 15 is 0 Å². The Morgan fingerprint density at radius 2 is 0.465 bits per heavy atom. The molecule has 0 aromatic heterocycles. The van der Waals surface area contributed by atoms with Crippen molar-refractivity contribution in [3.63, 3.8) is 0 Å². The second-order valence-electron chi connectivity index (χ2n) is 11.0. The van der Waals surface area contributed by atoms with Crippen LogP contribution in [0.25, 0.3) is 0 Å². The Morgan fingerprint density at radius 1 is 0.256 bits per heavy atom. The molecule has 0 saturated heterocycles. The Hall–Kier alpha value is -0.360. The number of hydrogen-bond acceptors (Lipinski definition) is 9. The number of ether oxygens (including phenoxy) is 8. The SMILES string of the molecule is CCCCCCCCCCCCCCCCCCOCCOCCOCCOCCOCCOCCOCCOCCN. The third-order valence-electron chi connectivity index (χ3n) is 7.01.